The number of ether oxygens (including phenoxy) is 1. The van der Waals surface area contributed by atoms with Crippen LogP contribution in [0.2, 0.25) is 0 Å². The van der Waals surface area contributed by atoms with Crippen molar-refractivity contribution in [3.8, 4) is 24.0 Å². The van der Waals surface area contributed by atoms with Gasteiger partial charge in [-0.15, -0.1) is 0 Å². The molecule has 1 rings (SSSR count). The highest BCUT2D eigenvalue weighted by atomic mass is 79.9. The number of benzene rings is 1. The van der Waals surface area contributed by atoms with Crippen molar-refractivity contribution in [3.63, 3.8) is 0 Å². The first kappa shape index (κ1) is 16.4. The standard InChI is InChI=1S/C13H7BrF2N4O/c14-13-9(20-10(6-19)8(4-17)5-18)2-1-3-11(13)21-7-12(15)16/h1-3,12,20H,7H2. The molecule has 0 radical (unpaired) electrons. The molecular weight excluding hydrogens is 346 g/mol. The summed E-state index contributed by atoms with van der Waals surface area (Å²) in [4.78, 5) is 0. The van der Waals surface area contributed by atoms with Gasteiger partial charge in [0, 0.05) is 0 Å². The Morgan fingerprint density at radius 3 is 2.43 bits per heavy atom. The summed E-state index contributed by atoms with van der Waals surface area (Å²) in [6, 6.07) is 9.37. The van der Waals surface area contributed by atoms with Gasteiger partial charge in [0.1, 0.15) is 36.3 Å². The number of nitrogens with zero attached hydrogens (tertiary/aromatic N) is 3. The van der Waals surface area contributed by atoms with Crippen LogP contribution in [0.15, 0.2) is 33.9 Å². The fourth-order valence-electron chi connectivity index (χ4n) is 1.29. The van der Waals surface area contributed by atoms with Crippen LogP contribution in [0.25, 0.3) is 0 Å². The van der Waals surface area contributed by atoms with Crippen LogP contribution in [0.1, 0.15) is 0 Å². The number of halogens is 3. The molecule has 0 unspecified atom stereocenters. The van der Waals surface area contributed by atoms with Gasteiger partial charge in [-0.05, 0) is 28.1 Å². The largest absolute Gasteiger partial charge is 0.486 e. The van der Waals surface area contributed by atoms with E-state index in [0.717, 1.165) is 0 Å². The van der Waals surface area contributed by atoms with Crippen LogP contribution in [-0.4, -0.2) is 13.0 Å². The third kappa shape index (κ3) is 4.45. The Kier molecular flexibility index (Phi) is 6.13. The highest BCUT2D eigenvalue weighted by Crippen LogP contribution is 2.33. The fraction of sp³-hybridized carbons (Fsp3) is 0.154. The molecule has 0 fully saturated rings. The minimum absolute atomic E-state index is 0.146. The molecule has 21 heavy (non-hydrogen) atoms. The molecule has 0 saturated carbocycles. The molecule has 1 aromatic carbocycles. The molecule has 8 heteroatoms. The minimum Gasteiger partial charge on any atom is -0.486 e. The Hall–Kier alpha value is -2.63. The van der Waals surface area contributed by atoms with Gasteiger partial charge in [-0.3, -0.25) is 0 Å². The summed E-state index contributed by atoms with van der Waals surface area (Å²) in [6.07, 6.45) is -2.62. The number of nitrogens with one attached hydrogen (secondary N) is 1. The van der Waals surface area contributed by atoms with E-state index in [-0.39, 0.29) is 17.0 Å². The minimum atomic E-state index is -2.62. The summed E-state index contributed by atoms with van der Waals surface area (Å²) < 4.78 is 29.5. The van der Waals surface area contributed by atoms with Crippen molar-refractivity contribution in [2.24, 2.45) is 0 Å². The molecule has 1 aromatic rings. The van der Waals surface area contributed by atoms with E-state index in [1.807, 2.05) is 0 Å². The van der Waals surface area contributed by atoms with Gasteiger partial charge >= 0.3 is 0 Å². The van der Waals surface area contributed by atoms with E-state index in [0.29, 0.717) is 10.2 Å². The normalized spacial score (nSPS) is 9.19. The molecule has 5 nitrogen and oxygen atoms in total. The molecule has 0 spiro atoms. The highest BCUT2D eigenvalue weighted by molar-refractivity contribution is 9.10. The lowest BCUT2D eigenvalue weighted by Gasteiger charge is -2.12. The summed E-state index contributed by atoms with van der Waals surface area (Å²) in [5.74, 6) is 0.146. The summed E-state index contributed by atoms with van der Waals surface area (Å²) in [6.45, 7) is -0.773. The van der Waals surface area contributed by atoms with Crippen LogP contribution in [0, 0.1) is 34.0 Å². The van der Waals surface area contributed by atoms with Gasteiger partial charge in [0.25, 0.3) is 6.43 Å². The van der Waals surface area contributed by atoms with Gasteiger partial charge in [-0.25, -0.2) is 8.78 Å². The van der Waals surface area contributed by atoms with Crippen molar-refractivity contribution >= 4 is 21.6 Å². The molecule has 0 amide bonds. The highest BCUT2D eigenvalue weighted by Gasteiger charge is 2.12. The molecule has 0 aliphatic carbocycles. The monoisotopic (exact) mass is 352 g/mol. The lowest BCUT2D eigenvalue weighted by Crippen LogP contribution is -2.08. The first-order valence-electron chi connectivity index (χ1n) is 5.44. The van der Waals surface area contributed by atoms with E-state index in [2.05, 4.69) is 21.2 Å². The predicted octanol–water partition coefficient (Wildman–Crippen LogP) is 3.33. The lowest BCUT2D eigenvalue weighted by molar-refractivity contribution is 0.0815. The number of anilines is 1. The van der Waals surface area contributed by atoms with Gasteiger partial charge < -0.3 is 10.1 Å². The van der Waals surface area contributed by atoms with Crippen molar-refractivity contribution in [2.75, 3.05) is 11.9 Å². The van der Waals surface area contributed by atoms with Crippen LogP contribution >= 0.6 is 15.9 Å². The average molecular weight is 353 g/mol. The molecule has 0 atom stereocenters. The summed E-state index contributed by atoms with van der Waals surface area (Å²) in [7, 11) is 0. The Balaban J connectivity index is 3.09. The Morgan fingerprint density at radius 2 is 1.90 bits per heavy atom. The third-order valence-corrected chi connectivity index (χ3v) is 2.99. The number of nitriles is 3. The maximum absolute atomic E-state index is 12.1. The van der Waals surface area contributed by atoms with Crippen LogP contribution in [0.3, 0.4) is 0 Å². The van der Waals surface area contributed by atoms with Crippen LogP contribution in [-0.2, 0) is 0 Å². The average Bonchev–Trinajstić information content (AvgIpc) is 2.47. The fourth-order valence-corrected chi connectivity index (χ4v) is 1.77. The quantitative estimate of drug-likeness (QED) is 0.820. The summed E-state index contributed by atoms with van der Waals surface area (Å²) in [5, 5.41) is 29.0. The van der Waals surface area contributed by atoms with Gasteiger partial charge in [0.2, 0.25) is 0 Å². The number of rotatable bonds is 5. The van der Waals surface area contributed by atoms with E-state index in [1.54, 1.807) is 18.2 Å². The predicted molar refractivity (Wildman–Crippen MR) is 73.1 cm³/mol. The first-order valence-corrected chi connectivity index (χ1v) is 6.23. The molecule has 106 valence electrons. The Morgan fingerprint density at radius 1 is 1.24 bits per heavy atom. The van der Waals surface area contributed by atoms with Gasteiger partial charge in [0.05, 0.1) is 10.2 Å². The van der Waals surface area contributed by atoms with Crippen molar-refractivity contribution < 1.29 is 13.5 Å². The summed E-state index contributed by atoms with van der Waals surface area (Å²) in [5.41, 5.74) is -0.323. The van der Waals surface area contributed by atoms with E-state index in [9.17, 15) is 8.78 Å². The molecule has 0 bridgehead atoms. The molecule has 0 heterocycles. The van der Waals surface area contributed by atoms with Crippen LogP contribution in [0.5, 0.6) is 5.75 Å². The second-order valence-electron chi connectivity index (χ2n) is 3.53. The van der Waals surface area contributed by atoms with E-state index in [4.69, 9.17) is 20.5 Å². The Bertz CT molecular complexity index is 667. The second kappa shape index (κ2) is 7.84. The smallest absolute Gasteiger partial charge is 0.272 e. The van der Waals surface area contributed by atoms with Crippen molar-refractivity contribution in [3.05, 3.63) is 33.9 Å². The van der Waals surface area contributed by atoms with E-state index < -0.39 is 13.0 Å². The van der Waals surface area contributed by atoms with E-state index >= 15 is 0 Å². The van der Waals surface area contributed by atoms with Crippen LogP contribution < -0.4 is 10.1 Å². The zero-order chi connectivity index (χ0) is 15.8. The van der Waals surface area contributed by atoms with Crippen molar-refractivity contribution in [1.82, 2.24) is 0 Å². The Labute approximate surface area is 127 Å². The maximum Gasteiger partial charge on any atom is 0.272 e. The zero-order valence-electron chi connectivity index (χ0n) is 10.4. The van der Waals surface area contributed by atoms with Gasteiger partial charge in [-0.2, -0.15) is 15.8 Å². The van der Waals surface area contributed by atoms with Crippen LogP contribution in [0.4, 0.5) is 14.5 Å². The maximum atomic E-state index is 12.1. The van der Waals surface area contributed by atoms with E-state index in [1.165, 1.54) is 18.2 Å². The van der Waals surface area contributed by atoms with Crippen molar-refractivity contribution in [2.45, 2.75) is 6.43 Å². The topological polar surface area (TPSA) is 92.6 Å². The lowest BCUT2D eigenvalue weighted by atomic mass is 10.2. The SMILES string of the molecule is N#CC(C#N)=C(C#N)Nc1cccc(OCC(F)F)c1Br. The number of hydrogen-bond acceptors (Lipinski definition) is 5. The number of allylic oxidation sites excluding steroid dienone is 2. The second-order valence-corrected chi connectivity index (χ2v) is 4.32. The molecular formula is C13H7BrF2N4O. The number of hydrogen-bond donors (Lipinski definition) is 1. The zero-order valence-corrected chi connectivity index (χ0v) is 12.0. The molecule has 0 aliphatic rings. The van der Waals surface area contributed by atoms with Gasteiger partial charge in [0.15, 0.2) is 5.57 Å². The molecule has 0 saturated heterocycles. The van der Waals surface area contributed by atoms with Gasteiger partial charge in [-0.1, -0.05) is 6.07 Å². The molecule has 0 aliphatic heterocycles. The first-order chi connectivity index (χ1) is 10.0. The molecule has 1 N–H and O–H groups in total. The number of alkyl halides is 2. The molecule has 0 aromatic heterocycles. The van der Waals surface area contributed by atoms with Crippen molar-refractivity contribution in [1.29, 1.82) is 15.8 Å². The third-order valence-electron chi connectivity index (χ3n) is 2.17. The summed E-state index contributed by atoms with van der Waals surface area (Å²) >= 11 is 3.15.